The first kappa shape index (κ1) is 27.5. The van der Waals surface area contributed by atoms with Gasteiger partial charge < -0.3 is 24.3 Å². The van der Waals surface area contributed by atoms with Crippen LogP contribution in [0, 0.1) is 18.6 Å². The fraction of sp³-hybridized carbons (Fsp3) is 0.174. The Bertz CT molecular complexity index is 1370. The number of amides is 1. The summed E-state index contributed by atoms with van der Waals surface area (Å²) < 4.78 is 85.9. The summed E-state index contributed by atoms with van der Waals surface area (Å²) in [4.78, 5) is 28.5. The highest BCUT2D eigenvalue weighted by Crippen LogP contribution is 2.42. The summed E-state index contributed by atoms with van der Waals surface area (Å²) in [7, 11) is 2.07. The van der Waals surface area contributed by atoms with E-state index in [1.54, 1.807) is 0 Å². The predicted octanol–water partition coefficient (Wildman–Crippen LogP) is 6.06. The number of benzene rings is 2. The van der Waals surface area contributed by atoms with Crippen molar-refractivity contribution in [3.05, 3.63) is 70.0 Å². The molecule has 8 nitrogen and oxygen atoms in total. The van der Waals surface area contributed by atoms with Crippen LogP contribution in [0.2, 0.25) is 5.02 Å². The molecule has 0 aliphatic rings. The number of hydrogen-bond donors (Lipinski definition) is 1. The van der Waals surface area contributed by atoms with Gasteiger partial charge in [0.2, 0.25) is 11.6 Å². The van der Waals surface area contributed by atoms with Gasteiger partial charge in [0.25, 0.3) is 5.91 Å². The number of pyridine rings is 1. The van der Waals surface area contributed by atoms with Crippen LogP contribution in [0.3, 0.4) is 0 Å². The molecule has 1 heterocycles. The summed E-state index contributed by atoms with van der Waals surface area (Å²) in [6, 6.07) is 5.00. The van der Waals surface area contributed by atoms with Crippen LogP contribution in [0.25, 0.3) is 0 Å². The molecule has 0 aliphatic heterocycles. The van der Waals surface area contributed by atoms with Gasteiger partial charge in [-0.05, 0) is 31.2 Å². The van der Waals surface area contributed by atoms with Gasteiger partial charge in [-0.1, -0.05) is 11.6 Å². The molecular formula is C23H16ClF5N2O6. The number of ether oxygens (including phenoxy) is 4. The van der Waals surface area contributed by atoms with E-state index in [9.17, 15) is 27.2 Å². The minimum atomic E-state index is -5.19. The molecule has 0 spiro atoms. The lowest BCUT2D eigenvalue weighted by Gasteiger charge is -2.18. The molecule has 0 radical (unpaired) electrons. The van der Waals surface area contributed by atoms with Crippen LogP contribution < -0.4 is 19.5 Å². The van der Waals surface area contributed by atoms with Crippen LogP contribution in [0.15, 0.2) is 36.5 Å². The molecule has 0 fully saturated rings. The number of hydrogen-bond acceptors (Lipinski definition) is 7. The Labute approximate surface area is 210 Å². The van der Waals surface area contributed by atoms with Crippen molar-refractivity contribution in [3.8, 4) is 23.0 Å². The van der Waals surface area contributed by atoms with Gasteiger partial charge in [-0.3, -0.25) is 4.79 Å². The third kappa shape index (κ3) is 6.17. The molecular weight excluding hydrogens is 531 g/mol. The molecule has 3 aromatic rings. The van der Waals surface area contributed by atoms with E-state index < -0.39 is 58.4 Å². The summed E-state index contributed by atoms with van der Waals surface area (Å²) >= 11 is 6.03. The third-order valence-corrected chi connectivity index (χ3v) is 5.12. The lowest BCUT2D eigenvalue weighted by Crippen LogP contribution is -2.18. The maximum atomic E-state index is 15.2. The van der Waals surface area contributed by atoms with Crippen LogP contribution in [0.1, 0.15) is 26.4 Å². The maximum absolute atomic E-state index is 15.2. The highest BCUT2D eigenvalue weighted by molar-refractivity contribution is 6.31. The van der Waals surface area contributed by atoms with E-state index in [-0.39, 0.29) is 22.0 Å². The average Bonchev–Trinajstić information content (AvgIpc) is 2.83. The molecule has 0 saturated heterocycles. The van der Waals surface area contributed by atoms with Crippen molar-refractivity contribution < 1.29 is 50.5 Å². The fourth-order valence-corrected chi connectivity index (χ4v) is 3.20. The van der Waals surface area contributed by atoms with Crippen LogP contribution in [-0.4, -0.2) is 37.4 Å². The zero-order valence-corrected chi connectivity index (χ0v) is 19.9. The van der Waals surface area contributed by atoms with Crippen molar-refractivity contribution in [1.29, 1.82) is 0 Å². The summed E-state index contributed by atoms with van der Waals surface area (Å²) in [5.41, 5.74) is -0.922. The molecule has 1 aromatic heterocycles. The second-order valence-corrected chi connectivity index (χ2v) is 7.51. The van der Waals surface area contributed by atoms with E-state index >= 15 is 4.39 Å². The fourth-order valence-electron chi connectivity index (χ4n) is 3.02. The highest BCUT2D eigenvalue weighted by Gasteiger charge is 2.34. The number of halogens is 6. The van der Waals surface area contributed by atoms with Crippen LogP contribution >= 0.6 is 11.6 Å². The standard InChI is InChI=1S/C23H16ClF5N2O6/c1-10-12(24)9-16(36-15-5-4-14(37-23(27,28)29)19(26)20(15)34-2)17(18(10)25)21(32)31-11-6-7-30-13(8-11)22(33)35-3/h4-9H,1-3H3,(H,30,31,32). The molecule has 0 saturated carbocycles. The molecule has 2 aromatic carbocycles. The van der Waals surface area contributed by atoms with Gasteiger partial charge in [0, 0.05) is 23.5 Å². The maximum Gasteiger partial charge on any atom is 0.573 e. The third-order valence-electron chi connectivity index (χ3n) is 4.73. The Morgan fingerprint density at radius 3 is 2.30 bits per heavy atom. The van der Waals surface area contributed by atoms with Gasteiger partial charge >= 0.3 is 12.3 Å². The van der Waals surface area contributed by atoms with Crippen molar-refractivity contribution in [1.82, 2.24) is 4.98 Å². The van der Waals surface area contributed by atoms with E-state index in [4.69, 9.17) is 21.1 Å². The van der Waals surface area contributed by atoms with Crippen LogP contribution in [0.4, 0.5) is 27.6 Å². The Kier molecular flexibility index (Phi) is 8.06. The number of esters is 1. The van der Waals surface area contributed by atoms with Gasteiger partial charge in [0.15, 0.2) is 11.5 Å². The SMILES string of the molecule is COC(=O)c1cc(NC(=O)c2c(Oc3ccc(OC(F)(F)F)c(F)c3OC)cc(Cl)c(C)c2F)ccn1. The lowest BCUT2D eigenvalue weighted by molar-refractivity contribution is -0.275. The zero-order chi connectivity index (χ0) is 27.5. The number of aromatic nitrogens is 1. The zero-order valence-electron chi connectivity index (χ0n) is 19.1. The Morgan fingerprint density at radius 2 is 1.68 bits per heavy atom. The van der Waals surface area contributed by atoms with Crippen molar-refractivity contribution in [2.45, 2.75) is 13.3 Å². The predicted molar refractivity (Wildman–Crippen MR) is 119 cm³/mol. The molecule has 0 atom stereocenters. The quantitative estimate of drug-likeness (QED) is 0.284. The summed E-state index contributed by atoms with van der Waals surface area (Å²) in [5, 5.41) is 2.20. The summed E-state index contributed by atoms with van der Waals surface area (Å²) in [6.07, 6.45) is -3.99. The number of anilines is 1. The number of nitrogens with zero attached hydrogens (tertiary/aromatic N) is 1. The number of carbonyl (C=O) groups is 2. The second-order valence-electron chi connectivity index (χ2n) is 7.10. The Hall–Kier alpha value is -4.13. The number of methoxy groups -OCH3 is 2. The van der Waals surface area contributed by atoms with Gasteiger partial charge in [-0.15, -0.1) is 13.2 Å². The van der Waals surface area contributed by atoms with E-state index in [0.29, 0.717) is 6.07 Å². The minimum absolute atomic E-state index is 0.0376. The first-order valence-electron chi connectivity index (χ1n) is 10.0. The molecule has 196 valence electrons. The van der Waals surface area contributed by atoms with Crippen molar-refractivity contribution in [2.75, 3.05) is 19.5 Å². The lowest BCUT2D eigenvalue weighted by atomic mass is 10.1. The topological polar surface area (TPSA) is 96.0 Å². The van der Waals surface area contributed by atoms with Crippen molar-refractivity contribution >= 4 is 29.2 Å². The van der Waals surface area contributed by atoms with Gasteiger partial charge in [-0.25, -0.2) is 14.2 Å². The normalized spacial score (nSPS) is 11.1. The molecule has 0 unspecified atom stereocenters. The molecule has 3 rings (SSSR count). The van der Waals surface area contributed by atoms with E-state index in [1.165, 1.54) is 25.3 Å². The largest absolute Gasteiger partial charge is 0.573 e. The van der Waals surface area contributed by atoms with Crippen molar-refractivity contribution in [3.63, 3.8) is 0 Å². The van der Waals surface area contributed by atoms with Crippen LogP contribution in [0.5, 0.6) is 23.0 Å². The molecule has 37 heavy (non-hydrogen) atoms. The first-order valence-corrected chi connectivity index (χ1v) is 10.4. The number of rotatable bonds is 7. The number of nitrogens with one attached hydrogen (secondary N) is 1. The van der Waals surface area contributed by atoms with E-state index in [2.05, 4.69) is 19.8 Å². The average molecular weight is 547 g/mol. The molecule has 1 amide bonds. The smallest absolute Gasteiger partial charge is 0.490 e. The van der Waals surface area contributed by atoms with E-state index in [0.717, 1.165) is 26.4 Å². The Morgan fingerprint density at radius 1 is 1.00 bits per heavy atom. The number of carbonyl (C=O) groups excluding carboxylic acids is 2. The molecule has 1 N–H and O–H groups in total. The number of alkyl halides is 3. The van der Waals surface area contributed by atoms with Gasteiger partial charge in [0.1, 0.15) is 22.8 Å². The molecule has 0 bridgehead atoms. The van der Waals surface area contributed by atoms with Gasteiger partial charge in [-0.2, -0.15) is 4.39 Å². The van der Waals surface area contributed by atoms with Gasteiger partial charge in [0.05, 0.1) is 19.2 Å². The first-order chi connectivity index (χ1) is 17.4. The summed E-state index contributed by atoms with van der Waals surface area (Å²) in [6.45, 7) is 1.28. The second kappa shape index (κ2) is 10.9. The summed E-state index contributed by atoms with van der Waals surface area (Å²) in [5.74, 6) is -7.57. The molecule has 14 heteroatoms. The Balaban J connectivity index is 2.03. The monoisotopic (exact) mass is 546 g/mol. The van der Waals surface area contributed by atoms with Crippen molar-refractivity contribution in [2.24, 2.45) is 0 Å². The molecule has 0 aliphatic carbocycles. The van der Waals surface area contributed by atoms with Crippen LogP contribution in [-0.2, 0) is 4.74 Å². The minimum Gasteiger partial charge on any atom is -0.490 e. The highest BCUT2D eigenvalue weighted by atomic mass is 35.5. The van der Waals surface area contributed by atoms with E-state index in [1.807, 2.05) is 0 Å².